The maximum Gasteiger partial charge on any atom is 0.248 e. The van der Waals surface area contributed by atoms with E-state index in [1.54, 1.807) is 30.5 Å². The van der Waals surface area contributed by atoms with Gasteiger partial charge in [0.1, 0.15) is 5.82 Å². The summed E-state index contributed by atoms with van der Waals surface area (Å²) in [5, 5.41) is 0. The van der Waals surface area contributed by atoms with Gasteiger partial charge in [-0.05, 0) is 48.2 Å². The van der Waals surface area contributed by atoms with Crippen molar-refractivity contribution in [2.45, 2.75) is 25.3 Å². The topological polar surface area (TPSA) is 92.4 Å². The summed E-state index contributed by atoms with van der Waals surface area (Å²) < 4.78 is 13.2. The molecule has 1 unspecified atom stereocenters. The van der Waals surface area contributed by atoms with E-state index in [-0.39, 0.29) is 24.2 Å². The molecule has 7 nitrogen and oxygen atoms in total. The van der Waals surface area contributed by atoms with Crippen LogP contribution in [0.15, 0.2) is 54.7 Å². The molecule has 3 aromatic rings. The second-order valence-electron chi connectivity index (χ2n) is 8.35. The first-order valence-electron chi connectivity index (χ1n) is 10.8. The molecule has 0 aliphatic carbocycles. The number of nitrogens with two attached hydrogens (primary N) is 1. The lowest BCUT2D eigenvalue weighted by Gasteiger charge is -2.27. The second kappa shape index (κ2) is 9.36. The van der Waals surface area contributed by atoms with Gasteiger partial charge in [-0.15, -0.1) is 0 Å². The fourth-order valence-corrected chi connectivity index (χ4v) is 4.12. The molecule has 0 saturated carbocycles. The molecule has 1 aliphatic heterocycles. The van der Waals surface area contributed by atoms with E-state index in [9.17, 15) is 14.0 Å². The van der Waals surface area contributed by atoms with Crippen molar-refractivity contribution in [3.8, 4) is 11.1 Å². The maximum atomic E-state index is 13.2. The Hall–Kier alpha value is -3.81. The summed E-state index contributed by atoms with van der Waals surface area (Å²) in [7, 11) is 3.74. The number of halogens is 1. The average Bonchev–Trinajstić information content (AvgIpc) is 3.30. The van der Waals surface area contributed by atoms with Crippen LogP contribution in [0.5, 0.6) is 0 Å². The quantitative estimate of drug-likeness (QED) is 0.626. The summed E-state index contributed by atoms with van der Waals surface area (Å²) in [6.45, 7) is 0.631. The highest BCUT2D eigenvalue weighted by Crippen LogP contribution is 2.37. The van der Waals surface area contributed by atoms with Crippen LogP contribution < -0.4 is 10.6 Å². The van der Waals surface area contributed by atoms with E-state index in [2.05, 4.69) is 4.98 Å². The third-order valence-electron chi connectivity index (χ3n) is 5.84. The molecule has 0 radical (unpaired) electrons. The van der Waals surface area contributed by atoms with Crippen molar-refractivity contribution in [2.75, 3.05) is 25.5 Å². The number of aromatic nitrogens is 2. The van der Waals surface area contributed by atoms with Crippen molar-refractivity contribution in [2.24, 2.45) is 5.73 Å². The van der Waals surface area contributed by atoms with E-state index in [1.165, 1.54) is 12.1 Å². The summed E-state index contributed by atoms with van der Waals surface area (Å²) in [6, 6.07) is 12.8. The molecule has 0 spiro atoms. The molecule has 1 fully saturated rings. The summed E-state index contributed by atoms with van der Waals surface area (Å²) in [5.41, 5.74) is 8.99. The fraction of sp³-hybridized carbons (Fsp3) is 0.280. The summed E-state index contributed by atoms with van der Waals surface area (Å²) in [5.74, 6) is -0.284. The lowest BCUT2D eigenvalue weighted by molar-refractivity contribution is -0.131. The molecule has 8 heteroatoms. The number of anilines is 1. The Balaban J connectivity index is 1.69. The molecule has 1 aliphatic rings. The first-order chi connectivity index (χ1) is 15.8. The van der Waals surface area contributed by atoms with E-state index in [4.69, 9.17) is 10.7 Å². The van der Waals surface area contributed by atoms with Crippen molar-refractivity contribution < 1.29 is 14.0 Å². The zero-order valence-electron chi connectivity index (χ0n) is 18.7. The van der Waals surface area contributed by atoms with E-state index < -0.39 is 5.91 Å². The monoisotopic (exact) mass is 447 g/mol. The Bertz CT molecular complexity index is 1160. The van der Waals surface area contributed by atoms with Gasteiger partial charge >= 0.3 is 0 Å². The largest absolute Gasteiger partial charge is 0.366 e. The van der Waals surface area contributed by atoms with Crippen molar-refractivity contribution in [1.82, 2.24) is 14.9 Å². The average molecular weight is 448 g/mol. The van der Waals surface area contributed by atoms with Gasteiger partial charge in [0.15, 0.2) is 0 Å². The number of hydrogen-bond donors (Lipinski definition) is 1. The first kappa shape index (κ1) is 22.4. The van der Waals surface area contributed by atoms with Crippen LogP contribution in [0.2, 0.25) is 0 Å². The molecular formula is C25H26FN5O2. The van der Waals surface area contributed by atoms with Gasteiger partial charge in [-0.3, -0.25) is 9.59 Å². The Kier molecular flexibility index (Phi) is 6.35. The smallest absolute Gasteiger partial charge is 0.248 e. The predicted octanol–water partition coefficient (Wildman–Crippen LogP) is 3.35. The van der Waals surface area contributed by atoms with Crippen LogP contribution in [-0.4, -0.2) is 47.3 Å². The normalized spacial score (nSPS) is 15.5. The minimum atomic E-state index is -0.491. The van der Waals surface area contributed by atoms with Crippen molar-refractivity contribution in [1.29, 1.82) is 0 Å². The van der Waals surface area contributed by atoms with Gasteiger partial charge in [0, 0.05) is 38.0 Å². The molecule has 2 amide bonds. The van der Waals surface area contributed by atoms with Gasteiger partial charge in [0.2, 0.25) is 17.8 Å². The standard InChI is InChI=1S/C25H26FN5O2/c1-30(2)25-28-15-20(17-7-9-18(10-8-17)24(27)33)23(29-25)21-4-3-13-31(21)22(32)14-16-5-11-19(26)12-6-16/h5-12,15,21H,3-4,13-14H2,1-2H3,(H2,27,33). The number of amides is 2. The van der Waals surface area contributed by atoms with Gasteiger partial charge in [-0.1, -0.05) is 24.3 Å². The first-order valence-corrected chi connectivity index (χ1v) is 10.8. The van der Waals surface area contributed by atoms with Crippen LogP contribution in [0, 0.1) is 5.82 Å². The summed E-state index contributed by atoms with van der Waals surface area (Å²) >= 11 is 0. The SMILES string of the molecule is CN(C)c1ncc(-c2ccc(C(N)=O)cc2)c(C2CCCN2C(=O)Cc2ccc(F)cc2)n1. The van der Waals surface area contributed by atoms with Crippen LogP contribution in [0.1, 0.15) is 40.5 Å². The number of likely N-dealkylation sites (tertiary alicyclic amines) is 1. The van der Waals surface area contributed by atoms with Gasteiger partial charge in [0.25, 0.3) is 0 Å². The van der Waals surface area contributed by atoms with E-state index >= 15 is 0 Å². The lowest BCUT2D eigenvalue weighted by atomic mass is 9.98. The van der Waals surface area contributed by atoms with Gasteiger partial charge < -0.3 is 15.5 Å². The zero-order chi connectivity index (χ0) is 23.5. The van der Waals surface area contributed by atoms with E-state index in [0.717, 1.165) is 35.2 Å². The van der Waals surface area contributed by atoms with Crippen LogP contribution >= 0.6 is 0 Å². The molecule has 2 N–H and O–H groups in total. The molecule has 2 heterocycles. The Morgan fingerprint density at radius 1 is 1.12 bits per heavy atom. The highest BCUT2D eigenvalue weighted by Gasteiger charge is 2.33. The Morgan fingerprint density at radius 2 is 1.82 bits per heavy atom. The van der Waals surface area contributed by atoms with Gasteiger partial charge in [-0.25, -0.2) is 14.4 Å². The summed E-state index contributed by atoms with van der Waals surface area (Å²) in [6.07, 6.45) is 3.61. The number of carbonyl (C=O) groups is 2. The molecule has 1 atom stereocenters. The molecule has 0 bridgehead atoms. The van der Waals surface area contributed by atoms with Crippen molar-refractivity contribution in [3.05, 3.63) is 77.4 Å². The van der Waals surface area contributed by atoms with Crippen molar-refractivity contribution >= 4 is 17.8 Å². The lowest BCUT2D eigenvalue weighted by Crippen LogP contribution is -2.32. The number of carbonyl (C=O) groups excluding carboxylic acids is 2. The molecule has 170 valence electrons. The third kappa shape index (κ3) is 4.84. The third-order valence-corrected chi connectivity index (χ3v) is 5.84. The number of benzene rings is 2. The van der Waals surface area contributed by atoms with Crippen molar-refractivity contribution in [3.63, 3.8) is 0 Å². The molecule has 4 rings (SSSR count). The molecular weight excluding hydrogens is 421 g/mol. The van der Waals surface area contributed by atoms with Crippen LogP contribution in [-0.2, 0) is 11.2 Å². The van der Waals surface area contributed by atoms with Gasteiger partial charge in [0.05, 0.1) is 18.2 Å². The van der Waals surface area contributed by atoms with E-state index in [0.29, 0.717) is 18.1 Å². The number of hydrogen-bond acceptors (Lipinski definition) is 5. The zero-order valence-corrected chi connectivity index (χ0v) is 18.7. The highest BCUT2D eigenvalue weighted by atomic mass is 19.1. The van der Waals surface area contributed by atoms with Crippen LogP contribution in [0.3, 0.4) is 0 Å². The predicted molar refractivity (Wildman–Crippen MR) is 124 cm³/mol. The molecule has 2 aromatic carbocycles. The number of nitrogens with zero attached hydrogens (tertiary/aromatic N) is 4. The minimum Gasteiger partial charge on any atom is -0.366 e. The van der Waals surface area contributed by atoms with Crippen LogP contribution in [0.4, 0.5) is 10.3 Å². The van der Waals surface area contributed by atoms with Crippen LogP contribution in [0.25, 0.3) is 11.1 Å². The molecule has 1 aromatic heterocycles. The molecule has 33 heavy (non-hydrogen) atoms. The Morgan fingerprint density at radius 3 is 2.45 bits per heavy atom. The number of rotatable bonds is 6. The molecule has 1 saturated heterocycles. The highest BCUT2D eigenvalue weighted by molar-refractivity contribution is 5.93. The van der Waals surface area contributed by atoms with E-state index in [1.807, 2.05) is 36.0 Å². The fourth-order valence-electron chi connectivity index (χ4n) is 4.12. The minimum absolute atomic E-state index is 0.0239. The maximum absolute atomic E-state index is 13.2. The summed E-state index contributed by atoms with van der Waals surface area (Å²) in [4.78, 5) is 37.6. The second-order valence-corrected chi connectivity index (χ2v) is 8.35. The Labute approximate surface area is 192 Å². The van der Waals surface area contributed by atoms with Gasteiger partial charge in [-0.2, -0.15) is 0 Å². The number of primary amides is 1.